The Hall–Kier alpha value is -1.06. The molecule has 0 bridgehead atoms. The quantitative estimate of drug-likeness (QED) is 0.724. The van der Waals surface area contributed by atoms with Gasteiger partial charge in [-0.1, -0.05) is 12.8 Å². The monoisotopic (exact) mass is 212 g/mol. The molecule has 0 aromatic rings. The molecule has 0 unspecified atom stereocenters. The molecule has 0 radical (unpaired) electrons. The van der Waals surface area contributed by atoms with Crippen molar-refractivity contribution in [3.8, 4) is 0 Å². The minimum Gasteiger partial charge on any atom is -0.352 e. The van der Waals surface area contributed by atoms with Crippen molar-refractivity contribution in [3.63, 3.8) is 0 Å². The fraction of sp³-hybridized carbons (Fsp3) is 0.818. The first-order valence-corrected chi connectivity index (χ1v) is 5.66. The zero-order chi connectivity index (χ0) is 11.3. The van der Waals surface area contributed by atoms with Crippen molar-refractivity contribution in [2.45, 2.75) is 45.6 Å². The van der Waals surface area contributed by atoms with Crippen LogP contribution in [0.15, 0.2) is 0 Å². The second-order valence-electron chi connectivity index (χ2n) is 4.42. The lowest BCUT2D eigenvalue weighted by Crippen LogP contribution is -2.41. The Bertz CT molecular complexity index is 233. The molecule has 1 aliphatic rings. The van der Waals surface area contributed by atoms with E-state index in [1.165, 1.54) is 0 Å². The number of nitrogens with one attached hydrogen (secondary N) is 2. The fourth-order valence-corrected chi connectivity index (χ4v) is 1.87. The third-order valence-electron chi connectivity index (χ3n) is 2.60. The van der Waals surface area contributed by atoms with Crippen LogP contribution in [-0.4, -0.2) is 24.4 Å². The predicted molar refractivity (Wildman–Crippen MR) is 58.2 cm³/mol. The van der Waals surface area contributed by atoms with Crippen LogP contribution in [-0.2, 0) is 9.59 Å². The van der Waals surface area contributed by atoms with Crippen molar-refractivity contribution >= 4 is 11.8 Å². The summed E-state index contributed by atoms with van der Waals surface area (Å²) in [5.41, 5.74) is 0. The van der Waals surface area contributed by atoms with Gasteiger partial charge in [0.2, 0.25) is 11.8 Å². The van der Waals surface area contributed by atoms with Gasteiger partial charge in [0.05, 0.1) is 6.54 Å². The van der Waals surface area contributed by atoms with Gasteiger partial charge < -0.3 is 10.6 Å². The van der Waals surface area contributed by atoms with Gasteiger partial charge in [-0.3, -0.25) is 9.59 Å². The molecule has 86 valence electrons. The Balaban J connectivity index is 2.18. The van der Waals surface area contributed by atoms with E-state index < -0.39 is 0 Å². The van der Waals surface area contributed by atoms with Crippen LogP contribution in [0, 0.1) is 5.92 Å². The van der Waals surface area contributed by atoms with Gasteiger partial charge in [-0.15, -0.1) is 0 Å². The highest BCUT2D eigenvalue weighted by Crippen LogP contribution is 2.24. The molecule has 0 aromatic heterocycles. The molecule has 0 heterocycles. The van der Waals surface area contributed by atoms with Gasteiger partial charge in [-0.05, 0) is 26.7 Å². The largest absolute Gasteiger partial charge is 0.352 e. The summed E-state index contributed by atoms with van der Waals surface area (Å²) in [5, 5.41) is 5.41. The van der Waals surface area contributed by atoms with Gasteiger partial charge in [0.25, 0.3) is 0 Å². The van der Waals surface area contributed by atoms with Crippen molar-refractivity contribution in [3.05, 3.63) is 0 Å². The zero-order valence-corrected chi connectivity index (χ0v) is 9.51. The smallest absolute Gasteiger partial charge is 0.239 e. The van der Waals surface area contributed by atoms with Crippen LogP contribution in [0.3, 0.4) is 0 Å². The van der Waals surface area contributed by atoms with Gasteiger partial charge >= 0.3 is 0 Å². The summed E-state index contributed by atoms with van der Waals surface area (Å²) in [6, 6.07) is 0.126. The van der Waals surface area contributed by atoms with E-state index in [1.54, 1.807) is 0 Å². The topological polar surface area (TPSA) is 58.2 Å². The van der Waals surface area contributed by atoms with Gasteiger partial charge in [-0.2, -0.15) is 0 Å². The number of carbonyl (C=O) groups excluding carboxylic acids is 2. The minimum atomic E-state index is -0.114. The van der Waals surface area contributed by atoms with Gasteiger partial charge in [0.15, 0.2) is 0 Å². The summed E-state index contributed by atoms with van der Waals surface area (Å²) in [6.45, 7) is 3.90. The van der Waals surface area contributed by atoms with Crippen molar-refractivity contribution < 1.29 is 9.59 Å². The zero-order valence-electron chi connectivity index (χ0n) is 9.51. The highest BCUT2D eigenvalue weighted by molar-refractivity contribution is 5.85. The summed E-state index contributed by atoms with van der Waals surface area (Å²) >= 11 is 0. The van der Waals surface area contributed by atoms with Crippen LogP contribution in [0.1, 0.15) is 39.5 Å². The highest BCUT2D eigenvalue weighted by Gasteiger charge is 2.22. The van der Waals surface area contributed by atoms with E-state index in [2.05, 4.69) is 10.6 Å². The summed E-state index contributed by atoms with van der Waals surface area (Å²) in [7, 11) is 0. The van der Waals surface area contributed by atoms with Crippen LogP contribution < -0.4 is 10.6 Å². The van der Waals surface area contributed by atoms with E-state index in [4.69, 9.17) is 0 Å². The maximum absolute atomic E-state index is 11.5. The maximum atomic E-state index is 11.5. The van der Waals surface area contributed by atoms with Crippen LogP contribution in [0.5, 0.6) is 0 Å². The van der Waals surface area contributed by atoms with E-state index in [-0.39, 0.29) is 30.3 Å². The Morgan fingerprint density at radius 2 is 1.87 bits per heavy atom. The Labute approximate surface area is 90.8 Å². The van der Waals surface area contributed by atoms with Crippen LogP contribution in [0.2, 0.25) is 0 Å². The summed E-state index contributed by atoms with van der Waals surface area (Å²) in [5.74, 6) is 0.0552. The molecule has 2 amide bonds. The van der Waals surface area contributed by atoms with Gasteiger partial charge in [0.1, 0.15) is 0 Å². The fourth-order valence-electron chi connectivity index (χ4n) is 1.87. The SMILES string of the molecule is CC(C)NC(=O)CNC(=O)C1CCCC1. The molecule has 15 heavy (non-hydrogen) atoms. The maximum Gasteiger partial charge on any atom is 0.239 e. The lowest BCUT2D eigenvalue weighted by molar-refractivity contribution is -0.128. The van der Waals surface area contributed by atoms with Crippen LogP contribution >= 0.6 is 0 Å². The minimum absolute atomic E-state index is 0.0337. The van der Waals surface area contributed by atoms with E-state index >= 15 is 0 Å². The first-order valence-electron chi connectivity index (χ1n) is 5.66. The Morgan fingerprint density at radius 3 is 2.40 bits per heavy atom. The average Bonchev–Trinajstić information content (AvgIpc) is 2.65. The number of carbonyl (C=O) groups is 2. The molecule has 4 heteroatoms. The molecule has 0 aromatic carbocycles. The molecular formula is C11H20N2O2. The molecule has 1 saturated carbocycles. The van der Waals surface area contributed by atoms with E-state index in [0.717, 1.165) is 25.7 Å². The molecule has 0 aliphatic heterocycles. The Kier molecular flexibility index (Phi) is 4.59. The third kappa shape index (κ3) is 4.32. The first kappa shape index (κ1) is 12.0. The molecule has 2 N–H and O–H groups in total. The molecule has 1 rings (SSSR count). The first-order chi connectivity index (χ1) is 7.09. The second kappa shape index (κ2) is 5.73. The van der Waals surface area contributed by atoms with Crippen molar-refractivity contribution in [1.82, 2.24) is 10.6 Å². The number of rotatable bonds is 4. The van der Waals surface area contributed by atoms with Crippen molar-refractivity contribution in [1.29, 1.82) is 0 Å². The third-order valence-corrected chi connectivity index (χ3v) is 2.60. The molecule has 1 fully saturated rings. The predicted octanol–water partition coefficient (Wildman–Crippen LogP) is 0.817. The van der Waals surface area contributed by atoms with Gasteiger partial charge in [-0.25, -0.2) is 0 Å². The molecule has 4 nitrogen and oxygen atoms in total. The second-order valence-corrected chi connectivity index (χ2v) is 4.42. The van der Waals surface area contributed by atoms with E-state index in [1.807, 2.05) is 13.8 Å². The standard InChI is InChI=1S/C11H20N2O2/c1-8(2)13-10(14)7-12-11(15)9-5-3-4-6-9/h8-9H,3-7H2,1-2H3,(H,12,15)(H,13,14). The molecule has 0 spiro atoms. The lowest BCUT2D eigenvalue weighted by Gasteiger charge is -2.11. The van der Waals surface area contributed by atoms with E-state index in [0.29, 0.717) is 0 Å². The summed E-state index contributed by atoms with van der Waals surface area (Å²) < 4.78 is 0. The number of hydrogen-bond donors (Lipinski definition) is 2. The normalized spacial score (nSPS) is 16.7. The number of hydrogen-bond acceptors (Lipinski definition) is 2. The molecule has 0 atom stereocenters. The lowest BCUT2D eigenvalue weighted by atomic mass is 10.1. The summed E-state index contributed by atoms with van der Waals surface area (Å²) in [4.78, 5) is 22.8. The molecule has 0 saturated heterocycles. The van der Waals surface area contributed by atoms with Gasteiger partial charge in [0, 0.05) is 12.0 Å². The summed E-state index contributed by atoms with van der Waals surface area (Å²) in [6.07, 6.45) is 4.21. The van der Waals surface area contributed by atoms with Crippen molar-refractivity contribution in [2.75, 3.05) is 6.54 Å². The van der Waals surface area contributed by atoms with E-state index in [9.17, 15) is 9.59 Å². The van der Waals surface area contributed by atoms with Crippen molar-refractivity contribution in [2.24, 2.45) is 5.92 Å². The molecular weight excluding hydrogens is 192 g/mol. The number of amides is 2. The van der Waals surface area contributed by atoms with Crippen LogP contribution in [0.4, 0.5) is 0 Å². The average molecular weight is 212 g/mol. The van der Waals surface area contributed by atoms with Crippen LogP contribution in [0.25, 0.3) is 0 Å². The highest BCUT2D eigenvalue weighted by atomic mass is 16.2. The Morgan fingerprint density at radius 1 is 1.27 bits per heavy atom. The molecule has 1 aliphatic carbocycles.